The van der Waals surface area contributed by atoms with Crippen LogP contribution in [0.15, 0.2) is 0 Å². The van der Waals surface area contributed by atoms with E-state index >= 15 is 0 Å². The fourth-order valence-electron chi connectivity index (χ4n) is 3.53. The van der Waals surface area contributed by atoms with Crippen LogP contribution >= 0.6 is 0 Å². The minimum Gasteiger partial charge on any atom is -0.444 e. The minimum atomic E-state index is -0.414. The minimum absolute atomic E-state index is 0.174. The molecule has 0 aromatic rings. The molecule has 1 N–H and O–H groups in total. The Labute approximate surface area is 134 Å². The fraction of sp³-hybridized carbons (Fsp3) is 0.941. The van der Waals surface area contributed by atoms with E-state index in [1.165, 1.54) is 12.8 Å². The maximum atomic E-state index is 12.1. The van der Waals surface area contributed by atoms with Gasteiger partial charge in [-0.2, -0.15) is 0 Å². The van der Waals surface area contributed by atoms with Gasteiger partial charge < -0.3 is 19.6 Å². The lowest BCUT2D eigenvalue weighted by Crippen LogP contribution is -2.49. The molecule has 2 fully saturated rings. The molecule has 0 radical (unpaired) electrons. The molecule has 1 amide bonds. The third-order valence-electron chi connectivity index (χ3n) is 4.82. The Morgan fingerprint density at radius 1 is 1.09 bits per heavy atom. The van der Waals surface area contributed by atoms with Gasteiger partial charge in [0.05, 0.1) is 0 Å². The number of aliphatic hydroxyl groups is 1. The van der Waals surface area contributed by atoms with Crippen LogP contribution in [-0.4, -0.2) is 65.4 Å². The van der Waals surface area contributed by atoms with Gasteiger partial charge in [0.25, 0.3) is 0 Å². The number of likely N-dealkylation sites (tertiary alicyclic amines) is 2. The number of hydrogen-bond donors (Lipinski definition) is 1. The maximum Gasteiger partial charge on any atom is 0.410 e. The van der Waals surface area contributed by atoms with E-state index in [1.807, 2.05) is 25.7 Å². The number of carbonyl (C=O) groups excluding carboxylic acids is 1. The summed E-state index contributed by atoms with van der Waals surface area (Å²) in [6.45, 7) is 9.94. The molecule has 2 aliphatic heterocycles. The second kappa shape index (κ2) is 7.64. The van der Waals surface area contributed by atoms with Crippen LogP contribution in [0.4, 0.5) is 4.79 Å². The van der Waals surface area contributed by atoms with Gasteiger partial charge in [0, 0.05) is 25.7 Å². The number of aliphatic hydroxyl groups excluding tert-OH is 1. The molecule has 2 rings (SSSR count). The Balaban J connectivity index is 1.72. The summed E-state index contributed by atoms with van der Waals surface area (Å²) in [5.41, 5.74) is -0.414. The summed E-state index contributed by atoms with van der Waals surface area (Å²) in [6.07, 6.45) is 5.27. The molecule has 0 aliphatic carbocycles. The average Bonchev–Trinajstić information content (AvgIpc) is 2.47. The van der Waals surface area contributed by atoms with Crippen molar-refractivity contribution >= 4 is 6.09 Å². The van der Waals surface area contributed by atoms with Gasteiger partial charge in [-0.1, -0.05) is 0 Å². The van der Waals surface area contributed by atoms with Gasteiger partial charge in [-0.05, 0) is 71.9 Å². The molecule has 0 aromatic heterocycles. The first-order valence-electron chi connectivity index (χ1n) is 8.72. The fourth-order valence-corrected chi connectivity index (χ4v) is 3.53. The van der Waals surface area contributed by atoms with E-state index in [0.717, 1.165) is 45.4 Å². The number of carbonyl (C=O) groups is 1. The zero-order valence-corrected chi connectivity index (χ0v) is 14.4. The van der Waals surface area contributed by atoms with Crippen LogP contribution in [0.25, 0.3) is 0 Å². The number of amides is 1. The van der Waals surface area contributed by atoms with Crippen molar-refractivity contribution in [3.63, 3.8) is 0 Å². The third-order valence-corrected chi connectivity index (χ3v) is 4.82. The highest BCUT2D eigenvalue weighted by molar-refractivity contribution is 5.68. The van der Waals surface area contributed by atoms with E-state index in [9.17, 15) is 4.79 Å². The Bertz CT molecular complexity index is 351. The lowest BCUT2D eigenvalue weighted by molar-refractivity contribution is 0.0115. The van der Waals surface area contributed by atoms with Gasteiger partial charge in [-0.25, -0.2) is 4.79 Å². The molecule has 0 unspecified atom stereocenters. The van der Waals surface area contributed by atoms with Gasteiger partial charge >= 0.3 is 6.09 Å². The average molecular weight is 312 g/mol. The lowest BCUT2D eigenvalue weighted by Gasteiger charge is -2.41. The van der Waals surface area contributed by atoms with Gasteiger partial charge in [-0.15, -0.1) is 0 Å². The van der Waals surface area contributed by atoms with Crippen LogP contribution < -0.4 is 0 Å². The van der Waals surface area contributed by atoms with E-state index in [4.69, 9.17) is 9.84 Å². The van der Waals surface area contributed by atoms with E-state index in [-0.39, 0.29) is 6.09 Å². The second-order valence-electron chi connectivity index (χ2n) is 7.69. The lowest BCUT2D eigenvalue weighted by atomic mass is 9.91. The van der Waals surface area contributed by atoms with E-state index in [2.05, 4.69) is 4.90 Å². The third kappa shape index (κ3) is 5.13. The molecular formula is C17H32N2O3. The molecule has 0 saturated carbocycles. The van der Waals surface area contributed by atoms with Crippen LogP contribution in [0.2, 0.25) is 0 Å². The van der Waals surface area contributed by atoms with E-state index < -0.39 is 5.60 Å². The Kier molecular flexibility index (Phi) is 6.09. The van der Waals surface area contributed by atoms with Crippen LogP contribution in [-0.2, 0) is 4.74 Å². The van der Waals surface area contributed by atoms with Gasteiger partial charge in [-0.3, -0.25) is 0 Å². The molecule has 5 heteroatoms. The van der Waals surface area contributed by atoms with Gasteiger partial charge in [0.15, 0.2) is 0 Å². The SMILES string of the molecule is CC(C)(C)OC(=O)N1CCC(N2CCC(CCO)CC2)CC1. The van der Waals surface area contributed by atoms with E-state index in [1.54, 1.807) is 0 Å². The standard InChI is InChI=1S/C17H32N2O3/c1-17(2,3)22-16(21)19-11-6-15(7-12-19)18-9-4-14(5-10-18)8-13-20/h14-15,20H,4-13H2,1-3H3. The van der Waals surface area contributed by atoms with Gasteiger partial charge in [0.2, 0.25) is 0 Å². The molecule has 2 saturated heterocycles. The first kappa shape index (κ1) is 17.5. The number of ether oxygens (including phenoxy) is 1. The number of nitrogens with zero attached hydrogens (tertiary/aromatic N) is 2. The highest BCUT2D eigenvalue weighted by Gasteiger charge is 2.31. The molecule has 0 aromatic carbocycles. The van der Waals surface area contributed by atoms with Crippen molar-refractivity contribution in [1.82, 2.24) is 9.80 Å². The predicted octanol–water partition coefficient (Wildman–Crippen LogP) is 2.48. The molecule has 5 nitrogen and oxygen atoms in total. The van der Waals surface area contributed by atoms with Crippen molar-refractivity contribution in [3.8, 4) is 0 Å². The second-order valence-corrected chi connectivity index (χ2v) is 7.69. The van der Waals surface area contributed by atoms with Gasteiger partial charge in [0.1, 0.15) is 5.60 Å². The molecular weight excluding hydrogens is 280 g/mol. The van der Waals surface area contributed by atoms with Crippen LogP contribution in [0.5, 0.6) is 0 Å². The maximum absolute atomic E-state index is 12.1. The highest BCUT2D eigenvalue weighted by atomic mass is 16.6. The zero-order valence-electron chi connectivity index (χ0n) is 14.4. The number of hydrogen-bond acceptors (Lipinski definition) is 4. The van der Waals surface area contributed by atoms with Crippen LogP contribution in [0.1, 0.15) is 52.9 Å². The molecule has 0 bridgehead atoms. The summed E-state index contributed by atoms with van der Waals surface area (Å²) in [5.74, 6) is 0.697. The monoisotopic (exact) mass is 312 g/mol. The van der Waals surface area contributed by atoms with Crippen molar-refractivity contribution in [2.24, 2.45) is 5.92 Å². The molecule has 22 heavy (non-hydrogen) atoms. The van der Waals surface area contributed by atoms with E-state index in [0.29, 0.717) is 18.6 Å². The van der Waals surface area contributed by atoms with Crippen molar-refractivity contribution in [2.75, 3.05) is 32.8 Å². The van der Waals surface area contributed by atoms with Crippen molar-refractivity contribution in [1.29, 1.82) is 0 Å². The molecule has 0 spiro atoms. The first-order chi connectivity index (χ1) is 10.4. The molecule has 2 aliphatic rings. The Morgan fingerprint density at radius 3 is 2.18 bits per heavy atom. The van der Waals surface area contributed by atoms with Crippen molar-refractivity contribution < 1.29 is 14.6 Å². The summed E-state index contributed by atoms with van der Waals surface area (Å²) < 4.78 is 5.45. The molecule has 2 heterocycles. The Hall–Kier alpha value is -0.810. The van der Waals surface area contributed by atoms with Crippen LogP contribution in [0.3, 0.4) is 0 Å². The summed E-state index contributed by atoms with van der Waals surface area (Å²) in [5, 5.41) is 9.03. The smallest absolute Gasteiger partial charge is 0.410 e. The number of piperidine rings is 2. The largest absolute Gasteiger partial charge is 0.444 e. The molecule has 128 valence electrons. The normalized spacial score (nSPS) is 22.8. The topological polar surface area (TPSA) is 53.0 Å². The first-order valence-corrected chi connectivity index (χ1v) is 8.72. The summed E-state index contributed by atoms with van der Waals surface area (Å²) in [7, 11) is 0. The number of rotatable bonds is 3. The van der Waals surface area contributed by atoms with Crippen molar-refractivity contribution in [2.45, 2.75) is 64.5 Å². The molecule has 0 atom stereocenters. The Morgan fingerprint density at radius 2 is 1.68 bits per heavy atom. The summed E-state index contributed by atoms with van der Waals surface area (Å²) in [6, 6.07) is 0.605. The quantitative estimate of drug-likeness (QED) is 0.870. The summed E-state index contributed by atoms with van der Waals surface area (Å²) in [4.78, 5) is 16.5. The zero-order chi connectivity index (χ0) is 16.2. The van der Waals surface area contributed by atoms with Crippen LogP contribution in [0, 0.1) is 5.92 Å². The summed E-state index contributed by atoms with van der Waals surface area (Å²) >= 11 is 0. The highest BCUT2D eigenvalue weighted by Crippen LogP contribution is 2.26. The van der Waals surface area contributed by atoms with Crippen molar-refractivity contribution in [3.05, 3.63) is 0 Å². The predicted molar refractivity (Wildman–Crippen MR) is 86.8 cm³/mol.